The molecule has 6 nitrogen and oxygen atoms in total. The van der Waals surface area contributed by atoms with Gasteiger partial charge >= 0.3 is 5.97 Å². The Bertz CT molecular complexity index is 958. The summed E-state index contributed by atoms with van der Waals surface area (Å²) in [6.45, 7) is 3.68. The van der Waals surface area contributed by atoms with E-state index in [0.717, 1.165) is 11.1 Å². The third kappa shape index (κ3) is 2.56. The zero-order valence-corrected chi connectivity index (χ0v) is 16.1. The van der Waals surface area contributed by atoms with Crippen molar-refractivity contribution in [3.8, 4) is 0 Å². The lowest BCUT2D eigenvalue weighted by Crippen LogP contribution is -2.97. The lowest BCUT2D eigenvalue weighted by Gasteiger charge is -2.25. The molecule has 2 aliphatic heterocycles. The second kappa shape index (κ2) is 6.56. The van der Waals surface area contributed by atoms with Gasteiger partial charge < -0.3 is 10.1 Å². The molecule has 4 atom stereocenters. The molecule has 2 fully saturated rings. The van der Waals surface area contributed by atoms with Crippen LogP contribution in [0.3, 0.4) is 0 Å². The molecular formula is C22H23N2O4+. The zero-order chi connectivity index (χ0) is 20.1. The maximum absolute atomic E-state index is 13.4. The van der Waals surface area contributed by atoms with E-state index < -0.39 is 23.3 Å². The number of methoxy groups -OCH3 is 1. The van der Waals surface area contributed by atoms with Crippen LogP contribution in [0.15, 0.2) is 54.6 Å². The molecule has 2 aromatic rings. The first kappa shape index (κ1) is 18.4. The van der Waals surface area contributed by atoms with Crippen LogP contribution in [0.4, 0.5) is 5.69 Å². The minimum atomic E-state index is -1.16. The van der Waals surface area contributed by atoms with E-state index in [4.69, 9.17) is 4.74 Å². The molecule has 2 aliphatic rings. The smallest absolute Gasteiger partial charge is 0.368 e. The number of imide groups is 1. The van der Waals surface area contributed by atoms with Crippen molar-refractivity contribution in [3.05, 3.63) is 65.7 Å². The third-order valence-corrected chi connectivity index (χ3v) is 5.98. The summed E-state index contributed by atoms with van der Waals surface area (Å²) in [5.74, 6) is -2.51. The normalized spacial score (nSPS) is 29.1. The van der Waals surface area contributed by atoms with Crippen molar-refractivity contribution in [1.29, 1.82) is 0 Å². The van der Waals surface area contributed by atoms with Gasteiger partial charge in [0.1, 0.15) is 17.9 Å². The van der Waals surface area contributed by atoms with E-state index in [1.54, 1.807) is 31.2 Å². The van der Waals surface area contributed by atoms with E-state index in [1.807, 2.05) is 42.6 Å². The first-order valence-corrected chi connectivity index (χ1v) is 9.32. The summed E-state index contributed by atoms with van der Waals surface area (Å²) >= 11 is 0. The number of hydrogen-bond donors (Lipinski definition) is 1. The highest BCUT2D eigenvalue weighted by molar-refractivity contribution is 6.23. The largest absolute Gasteiger partial charge is 0.464 e. The fourth-order valence-electron chi connectivity index (χ4n) is 4.69. The number of ether oxygens (including phenoxy) is 1. The first-order chi connectivity index (χ1) is 13.4. The van der Waals surface area contributed by atoms with Gasteiger partial charge in [-0.1, -0.05) is 48.0 Å². The van der Waals surface area contributed by atoms with Gasteiger partial charge in [0, 0.05) is 12.5 Å². The van der Waals surface area contributed by atoms with Gasteiger partial charge in [0.15, 0.2) is 0 Å². The van der Waals surface area contributed by atoms with Crippen molar-refractivity contribution in [1.82, 2.24) is 0 Å². The predicted molar refractivity (Wildman–Crippen MR) is 102 cm³/mol. The SMILES string of the molecule is COC(=O)[C@@]1(C)[NH2+][C@H](c2cccc(C)c2)[C@H]2C(=O)N(c3ccccc3)C(=O)[C@H]21. The molecule has 2 amide bonds. The van der Waals surface area contributed by atoms with Crippen LogP contribution in [0, 0.1) is 18.8 Å². The highest BCUT2D eigenvalue weighted by Gasteiger charge is 2.70. The number of hydrogen-bond acceptors (Lipinski definition) is 4. The Labute approximate surface area is 163 Å². The van der Waals surface area contributed by atoms with Crippen LogP contribution in [0.25, 0.3) is 0 Å². The maximum atomic E-state index is 13.4. The second-order valence-electron chi connectivity index (χ2n) is 7.73. The molecule has 0 unspecified atom stereocenters. The molecule has 6 heteroatoms. The molecule has 0 aromatic heterocycles. The van der Waals surface area contributed by atoms with Crippen LogP contribution in [0.1, 0.15) is 24.1 Å². The number of nitrogens with zero attached hydrogens (tertiary/aromatic N) is 1. The molecule has 2 heterocycles. The molecule has 0 radical (unpaired) electrons. The summed E-state index contributed by atoms with van der Waals surface area (Å²) in [7, 11) is 1.31. The summed E-state index contributed by atoms with van der Waals surface area (Å²) in [5, 5.41) is 1.83. The number of esters is 1. The highest BCUT2D eigenvalue weighted by atomic mass is 16.5. The van der Waals surface area contributed by atoms with Gasteiger partial charge in [0.2, 0.25) is 17.4 Å². The summed E-state index contributed by atoms with van der Waals surface area (Å²) in [6, 6.07) is 16.4. The Kier molecular flexibility index (Phi) is 4.31. The number of rotatable bonds is 3. The Morgan fingerprint density at radius 1 is 1.07 bits per heavy atom. The van der Waals surface area contributed by atoms with Gasteiger partial charge in [0.25, 0.3) is 0 Å². The Morgan fingerprint density at radius 2 is 1.79 bits per heavy atom. The molecular weight excluding hydrogens is 356 g/mol. The minimum Gasteiger partial charge on any atom is -0.464 e. The monoisotopic (exact) mass is 379 g/mol. The number of quaternary nitrogens is 1. The Hall–Kier alpha value is -2.99. The van der Waals surface area contributed by atoms with E-state index in [1.165, 1.54) is 12.0 Å². The molecule has 0 spiro atoms. The van der Waals surface area contributed by atoms with Crippen LogP contribution in [0.2, 0.25) is 0 Å². The van der Waals surface area contributed by atoms with Crippen molar-refractivity contribution in [3.63, 3.8) is 0 Å². The van der Waals surface area contributed by atoms with Crippen molar-refractivity contribution in [2.75, 3.05) is 12.0 Å². The number of fused-ring (bicyclic) bond motifs is 1. The number of benzene rings is 2. The molecule has 0 saturated carbocycles. The number of carbonyl (C=O) groups excluding carboxylic acids is 3. The van der Waals surface area contributed by atoms with Crippen LogP contribution in [-0.4, -0.2) is 30.4 Å². The van der Waals surface area contributed by atoms with Crippen LogP contribution >= 0.6 is 0 Å². The average molecular weight is 379 g/mol. The Morgan fingerprint density at radius 3 is 2.43 bits per heavy atom. The molecule has 0 bridgehead atoms. The van der Waals surface area contributed by atoms with Gasteiger partial charge in [-0.25, -0.2) is 9.69 Å². The molecule has 144 valence electrons. The standard InChI is InChI=1S/C22H22N2O4/c1-13-8-7-9-14(12-13)18-16-17(22(2,23-18)21(27)28-3)20(26)24(19(16)25)15-10-5-4-6-11-15/h4-12,16-18,23H,1-3H3/p+1/t16-,17-,18+,22-/m0/s1. The summed E-state index contributed by atoms with van der Waals surface area (Å²) in [6.07, 6.45) is 0. The van der Waals surface area contributed by atoms with Gasteiger partial charge in [-0.05, 0) is 19.1 Å². The molecule has 4 rings (SSSR count). The zero-order valence-electron chi connectivity index (χ0n) is 16.1. The number of nitrogens with two attached hydrogens (primary N) is 1. The molecule has 2 aromatic carbocycles. The predicted octanol–water partition coefficient (Wildman–Crippen LogP) is 1.35. The first-order valence-electron chi connectivity index (χ1n) is 9.32. The lowest BCUT2D eigenvalue weighted by molar-refractivity contribution is -0.730. The van der Waals surface area contributed by atoms with Crippen LogP contribution < -0.4 is 10.2 Å². The number of amides is 2. The van der Waals surface area contributed by atoms with Gasteiger partial charge in [0.05, 0.1) is 12.8 Å². The van der Waals surface area contributed by atoms with Crippen molar-refractivity contribution < 1.29 is 24.4 Å². The second-order valence-corrected chi connectivity index (χ2v) is 7.73. The van der Waals surface area contributed by atoms with Crippen molar-refractivity contribution >= 4 is 23.5 Å². The number of aryl methyl sites for hydroxylation is 1. The Balaban J connectivity index is 1.84. The quantitative estimate of drug-likeness (QED) is 0.645. The summed E-state index contributed by atoms with van der Waals surface area (Å²) in [5.41, 5.74) is 1.36. The highest BCUT2D eigenvalue weighted by Crippen LogP contribution is 2.45. The topological polar surface area (TPSA) is 80.3 Å². The van der Waals surface area contributed by atoms with E-state index in [9.17, 15) is 14.4 Å². The number of anilines is 1. The fourth-order valence-corrected chi connectivity index (χ4v) is 4.69. The van der Waals surface area contributed by atoms with Crippen molar-refractivity contribution in [2.24, 2.45) is 11.8 Å². The lowest BCUT2D eigenvalue weighted by atomic mass is 9.80. The van der Waals surface area contributed by atoms with E-state index >= 15 is 0 Å². The number of para-hydroxylation sites is 1. The van der Waals surface area contributed by atoms with Crippen LogP contribution in [0.5, 0.6) is 0 Å². The molecule has 2 saturated heterocycles. The van der Waals surface area contributed by atoms with Crippen LogP contribution in [-0.2, 0) is 19.1 Å². The third-order valence-electron chi connectivity index (χ3n) is 5.98. The fraction of sp³-hybridized carbons (Fsp3) is 0.318. The maximum Gasteiger partial charge on any atom is 0.368 e. The van der Waals surface area contributed by atoms with Gasteiger partial charge in [-0.15, -0.1) is 0 Å². The van der Waals surface area contributed by atoms with E-state index in [-0.39, 0.29) is 17.9 Å². The number of carbonyl (C=O) groups is 3. The summed E-state index contributed by atoms with van der Waals surface area (Å²) in [4.78, 5) is 40.7. The van der Waals surface area contributed by atoms with E-state index in [0.29, 0.717) is 5.69 Å². The minimum absolute atomic E-state index is 0.267. The van der Waals surface area contributed by atoms with Gasteiger partial charge in [-0.2, -0.15) is 0 Å². The summed E-state index contributed by atoms with van der Waals surface area (Å²) < 4.78 is 5.03. The molecule has 0 aliphatic carbocycles. The molecule has 28 heavy (non-hydrogen) atoms. The van der Waals surface area contributed by atoms with Gasteiger partial charge in [-0.3, -0.25) is 9.59 Å². The molecule has 2 N–H and O–H groups in total. The van der Waals surface area contributed by atoms with E-state index in [2.05, 4.69) is 0 Å². The van der Waals surface area contributed by atoms with Crippen molar-refractivity contribution in [2.45, 2.75) is 25.4 Å². The average Bonchev–Trinajstić information content (AvgIpc) is 3.16.